The van der Waals surface area contributed by atoms with E-state index >= 15 is 0 Å². The van der Waals surface area contributed by atoms with E-state index in [-0.39, 0.29) is 0 Å². The molecule has 2 aromatic rings. The molecule has 0 bridgehead atoms. The second kappa shape index (κ2) is 4.60. The van der Waals surface area contributed by atoms with Crippen LogP contribution < -0.4 is 0 Å². The molecule has 1 heterocycles. The summed E-state index contributed by atoms with van der Waals surface area (Å²) in [6.45, 7) is 0. The smallest absolute Gasteiger partial charge is 0.219 e. The normalized spacial score (nSPS) is 16.5. The Morgan fingerprint density at radius 1 is 0.947 bits per heavy atom. The van der Waals surface area contributed by atoms with Crippen molar-refractivity contribution in [3.63, 3.8) is 0 Å². The van der Waals surface area contributed by atoms with Gasteiger partial charge in [0.25, 0.3) is 0 Å². The average Bonchev–Trinajstić information content (AvgIpc) is 2.81. The Hall–Kier alpha value is -1.42. The van der Waals surface area contributed by atoms with Crippen molar-refractivity contribution in [1.29, 1.82) is 0 Å². The third-order valence-electron chi connectivity index (χ3n) is 3.33. The molecule has 0 amide bonds. The second-order valence-corrected chi connectivity index (χ2v) is 6.82. The minimum Gasteiger partial charge on any atom is -0.219 e. The molecule has 1 radical (unpaired) electrons. The van der Waals surface area contributed by atoms with E-state index in [0.717, 1.165) is 16.4 Å². The van der Waals surface area contributed by atoms with Gasteiger partial charge < -0.3 is 0 Å². The van der Waals surface area contributed by atoms with E-state index in [2.05, 4.69) is 12.1 Å². The molecule has 0 fully saturated rings. The quantitative estimate of drug-likeness (QED) is 0.727. The van der Waals surface area contributed by atoms with Gasteiger partial charge in [-0.3, -0.25) is 0 Å². The molecule has 0 aliphatic carbocycles. The molecule has 2 aromatic carbocycles. The molecule has 1 aliphatic rings. The number of alkyl halides is 3. The molecular formula is C15H12F3S. The Morgan fingerprint density at radius 2 is 1.63 bits per heavy atom. The van der Waals surface area contributed by atoms with Crippen molar-refractivity contribution in [2.24, 2.45) is 0 Å². The Labute approximate surface area is 112 Å². The van der Waals surface area contributed by atoms with Gasteiger partial charge in [-0.25, -0.2) is 10.9 Å². The standard InChI is InChI=1S/C15H12F3S/c16-15(17,18)13-5-7-14(8-6-13)19-9-11-3-1-2-4-12(11)10-19/h1,3-8,19H,9-10H2. The van der Waals surface area contributed by atoms with E-state index in [9.17, 15) is 13.2 Å². The lowest BCUT2D eigenvalue weighted by Gasteiger charge is -2.15. The van der Waals surface area contributed by atoms with Crippen LogP contribution in [0.25, 0.3) is 0 Å². The first-order valence-electron chi connectivity index (χ1n) is 5.94. The van der Waals surface area contributed by atoms with Crippen molar-refractivity contribution < 1.29 is 13.2 Å². The summed E-state index contributed by atoms with van der Waals surface area (Å²) in [5.74, 6) is 1.91. The Balaban J connectivity index is 1.82. The van der Waals surface area contributed by atoms with Gasteiger partial charge in [0.05, 0.1) is 5.56 Å². The van der Waals surface area contributed by atoms with Crippen LogP contribution in [0.3, 0.4) is 0 Å². The predicted molar refractivity (Wildman–Crippen MR) is 71.4 cm³/mol. The van der Waals surface area contributed by atoms with Crippen molar-refractivity contribution in [3.05, 3.63) is 65.2 Å². The summed E-state index contributed by atoms with van der Waals surface area (Å²) in [7, 11) is -0.403. The lowest BCUT2D eigenvalue weighted by molar-refractivity contribution is -0.137. The van der Waals surface area contributed by atoms with Crippen LogP contribution in [0.4, 0.5) is 13.2 Å². The number of fused-ring (bicyclic) bond motifs is 1. The zero-order chi connectivity index (χ0) is 13.5. The molecular weight excluding hydrogens is 269 g/mol. The topological polar surface area (TPSA) is 0 Å². The molecule has 3 rings (SSSR count). The fraction of sp³-hybridized carbons (Fsp3) is 0.200. The third kappa shape index (κ3) is 2.50. The summed E-state index contributed by atoms with van der Waals surface area (Å²) >= 11 is 0. The van der Waals surface area contributed by atoms with Crippen molar-refractivity contribution in [1.82, 2.24) is 0 Å². The van der Waals surface area contributed by atoms with Gasteiger partial charge in [-0.2, -0.15) is 13.2 Å². The Kier molecular flexibility index (Phi) is 3.05. The van der Waals surface area contributed by atoms with Gasteiger partial charge in [-0.05, 0) is 46.4 Å². The number of halogens is 3. The van der Waals surface area contributed by atoms with Crippen LogP contribution in [-0.2, 0) is 17.7 Å². The van der Waals surface area contributed by atoms with Crippen LogP contribution in [0.15, 0.2) is 47.4 Å². The molecule has 0 saturated carbocycles. The van der Waals surface area contributed by atoms with E-state index in [0.29, 0.717) is 0 Å². The fourth-order valence-corrected chi connectivity index (χ4v) is 4.78. The minimum absolute atomic E-state index is 0.403. The van der Waals surface area contributed by atoms with Crippen molar-refractivity contribution in [2.75, 3.05) is 0 Å². The van der Waals surface area contributed by atoms with Gasteiger partial charge in [-0.1, -0.05) is 18.2 Å². The molecule has 1 unspecified atom stereocenters. The molecule has 0 saturated heterocycles. The number of hydrogen-bond acceptors (Lipinski definition) is 0. The van der Waals surface area contributed by atoms with Gasteiger partial charge in [-0.15, -0.1) is 0 Å². The summed E-state index contributed by atoms with van der Waals surface area (Å²) in [5.41, 5.74) is 2.02. The van der Waals surface area contributed by atoms with Crippen LogP contribution in [0.2, 0.25) is 0 Å². The highest BCUT2D eigenvalue weighted by Gasteiger charge is 2.30. The molecule has 19 heavy (non-hydrogen) atoms. The molecule has 0 N–H and O–H groups in total. The maximum atomic E-state index is 12.5. The van der Waals surface area contributed by atoms with E-state index in [4.69, 9.17) is 0 Å². The average molecular weight is 281 g/mol. The summed E-state index contributed by atoms with van der Waals surface area (Å²) < 4.78 is 37.5. The number of benzene rings is 2. The van der Waals surface area contributed by atoms with Gasteiger partial charge >= 0.3 is 6.18 Å². The highest BCUT2D eigenvalue weighted by atomic mass is 32.2. The van der Waals surface area contributed by atoms with Crippen molar-refractivity contribution in [2.45, 2.75) is 22.6 Å². The van der Waals surface area contributed by atoms with Crippen LogP contribution in [-0.4, -0.2) is 0 Å². The summed E-state index contributed by atoms with van der Waals surface area (Å²) in [5, 5.41) is 0. The summed E-state index contributed by atoms with van der Waals surface area (Å²) in [6, 6.07) is 14.6. The fourth-order valence-electron chi connectivity index (χ4n) is 2.31. The van der Waals surface area contributed by atoms with Crippen molar-refractivity contribution >= 4 is 10.9 Å². The number of rotatable bonds is 1. The first-order valence-corrected chi connectivity index (χ1v) is 7.65. The van der Waals surface area contributed by atoms with Gasteiger partial charge in [0.1, 0.15) is 0 Å². The van der Waals surface area contributed by atoms with Crippen LogP contribution in [0.1, 0.15) is 16.7 Å². The molecule has 1 atom stereocenters. The highest BCUT2D eigenvalue weighted by molar-refractivity contribution is 8.15. The number of hydrogen-bond donors (Lipinski definition) is 1. The molecule has 0 aromatic heterocycles. The molecule has 4 heteroatoms. The highest BCUT2D eigenvalue weighted by Crippen LogP contribution is 2.49. The van der Waals surface area contributed by atoms with E-state index in [1.165, 1.54) is 23.3 Å². The van der Waals surface area contributed by atoms with Crippen LogP contribution >= 0.6 is 10.9 Å². The zero-order valence-corrected chi connectivity index (χ0v) is 10.9. The second-order valence-electron chi connectivity index (χ2n) is 4.60. The van der Waals surface area contributed by atoms with Gasteiger partial charge in [0.15, 0.2) is 0 Å². The minimum atomic E-state index is -4.25. The summed E-state index contributed by atoms with van der Waals surface area (Å²) in [4.78, 5) is 1.04. The predicted octanol–water partition coefficient (Wildman–Crippen LogP) is 4.58. The SMILES string of the molecule is FC(F)(F)c1ccc([SH]2Cc3c[c]ccc3C2)cc1. The number of thiol groups is 1. The summed E-state index contributed by atoms with van der Waals surface area (Å²) in [6.07, 6.45) is -4.25. The monoisotopic (exact) mass is 281 g/mol. The van der Waals surface area contributed by atoms with Crippen molar-refractivity contribution in [3.8, 4) is 0 Å². The lowest BCUT2D eigenvalue weighted by atomic mass is 10.1. The molecule has 1 aliphatic heterocycles. The van der Waals surface area contributed by atoms with Gasteiger partial charge in [0, 0.05) is 11.5 Å². The third-order valence-corrected chi connectivity index (χ3v) is 5.81. The maximum Gasteiger partial charge on any atom is 0.416 e. The van der Waals surface area contributed by atoms with Gasteiger partial charge in [0.2, 0.25) is 0 Å². The Bertz CT molecular complexity index is 562. The molecule has 99 valence electrons. The first-order chi connectivity index (χ1) is 9.04. The first kappa shape index (κ1) is 12.6. The van der Waals surface area contributed by atoms with Crippen LogP contribution in [0.5, 0.6) is 0 Å². The van der Waals surface area contributed by atoms with E-state index in [1.54, 1.807) is 12.1 Å². The maximum absolute atomic E-state index is 12.5. The Morgan fingerprint density at radius 3 is 2.26 bits per heavy atom. The van der Waals surface area contributed by atoms with E-state index in [1.807, 2.05) is 12.1 Å². The largest absolute Gasteiger partial charge is 0.416 e. The van der Waals surface area contributed by atoms with E-state index < -0.39 is 22.6 Å². The van der Waals surface area contributed by atoms with Crippen LogP contribution in [0, 0.1) is 6.07 Å². The molecule has 0 spiro atoms. The lowest BCUT2D eigenvalue weighted by Crippen LogP contribution is -2.04. The molecule has 0 nitrogen and oxygen atoms in total. The zero-order valence-electron chi connectivity index (χ0n) is 10.0.